The van der Waals surface area contributed by atoms with E-state index in [1.54, 1.807) is 25.3 Å². The van der Waals surface area contributed by atoms with Crippen LogP contribution in [-0.2, 0) is 9.53 Å². The molecule has 1 atom stereocenters. The topological polar surface area (TPSA) is 52.6 Å². The van der Waals surface area contributed by atoms with Gasteiger partial charge in [0, 0.05) is 29.9 Å². The number of hydrogen-bond acceptors (Lipinski definition) is 4. The smallest absolute Gasteiger partial charge is 0.303 e. The Morgan fingerprint density at radius 3 is 2.63 bits per heavy atom. The van der Waals surface area contributed by atoms with Gasteiger partial charge in [0.1, 0.15) is 11.9 Å². The summed E-state index contributed by atoms with van der Waals surface area (Å²) in [5.41, 5.74) is 0.935. The highest BCUT2D eigenvalue weighted by Gasteiger charge is 2.42. The molecule has 0 aliphatic heterocycles. The molecule has 0 bridgehead atoms. The zero-order chi connectivity index (χ0) is 14.2. The number of Topliss-reactive ketones (excluding diaryl/α,β-unsaturated/α-hetero) is 1. The number of ether oxygens (including phenoxy) is 2. The van der Waals surface area contributed by atoms with Crippen molar-refractivity contribution in [1.82, 2.24) is 0 Å². The van der Waals surface area contributed by atoms with Crippen molar-refractivity contribution in [1.29, 1.82) is 0 Å². The third kappa shape index (κ3) is 2.48. The Bertz CT molecular complexity index is 531. The molecular weight excluding hydrogens is 244 g/mol. The van der Waals surface area contributed by atoms with E-state index in [1.807, 2.05) is 13.8 Å². The lowest BCUT2D eigenvalue weighted by molar-refractivity contribution is -0.153. The summed E-state index contributed by atoms with van der Waals surface area (Å²) in [6, 6.07) is 5.27. The molecular formula is C15H18O4. The van der Waals surface area contributed by atoms with Crippen molar-refractivity contribution < 1.29 is 19.1 Å². The van der Waals surface area contributed by atoms with E-state index in [9.17, 15) is 9.59 Å². The van der Waals surface area contributed by atoms with Gasteiger partial charge in [0.2, 0.25) is 0 Å². The Morgan fingerprint density at radius 1 is 1.37 bits per heavy atom. The van der Waals surface area contributed by atoms with E-state index < -0.39 is 11.5 Å². The molecule has 102 valence electrons. The average Bonchev–Trinajstić information content (AvgIpc) is 2.33. The van der Waals surface area contributed by atoms with Crippen LogP contribution in [0.1, 0.15) is 49.2 Å². The second kappa shape index (κ2) is 4.68. The van der Waals surface area contributed by atoms with E-state index in [0.717, 1.165) is 5.56 Å². The van der Waals surface area contributed by atoms with Crippen molar-refractivity contribution in [2.75, 3.05) is 7.11 Å². The summed E-state index contributed by atoms with van der Waals surface area (Å²) < 4.78 is 10.6. The van der Waals surface area contributed by atoms with Crippen molar-refractivity contribution in [2.24, 2.45) is 5.41 Å². The van der Waals surface area contributed by atoms with Crippen molar-refractivity contribution in [3.8, 4) is 5.75 Å². The number of methoxy groups -OCH3 is 1. The van der Waals surface area contributed by atoms with Gasteiger partial charge in [-0.25, -0.2) is 0 Å². The molecule has 0 radical (unpaired) electrons. The number of esters is 1. The zero-order valence-electron chi connectivity index (χ0n) is 11.6. The van der Waals surface area contributed by atoms with Crippen molar-refractivity contribution in [3.63, 3.8) is 0 Å². The Balaban J connectivity index is 2.55. The highest BCUT2D eigenvalue weighted by atomic mass is 16.5. The van der Waals surface area contributed by atoms with Crippen LogP contribution in [0.2, 0.25) is 0 Å². The van der Waals surface area contributed by atoms with Crippen molar-refractivity contribution >= 4 is 11.8 Å². The van der Waals surface area contributed by atoms with Gasteiger partial charge >= 0.3 is 5.97 Å². The number of benzene rings is 1. The molecule has 0 fully saturated rings. The molecule has 0 heterocycles. The molecule has 0 saturated carbocycles. The Labute approximate surface area is 112 Å². The predicted octanol–water partition coefficient (Wildman–Crippen LogP) is 2.91. The van der Waals surface area contributed by atoms with Crippen LogP contribution in [-0.4, -0.2) is 18.9 Å². The minimum absolute atomic E-state index is 0.0751. The number of ketones is 1. The summed E-state index contributed by atoms with van der Waals surface area (Å²) in [5.74, 6) is 0.383. The molecule has 0 spiro atoms. The molecule has 1 aromatic carbocycles. The van der Waals surface area contributed by atoms with E-state index >= 15 is 0 Å². The van der Waals surface area contributed by atoms with Crippen LogP contribution in [0.25, 0.3) is 0 Å². The van der Waals surface area contributed by atoms with Gasteiger partial charge < -0.3 is 9.47 Å². The maximum Gasteiger partial charge on any atom is 0.303 e. The van der Waals surface area contributed by atoms with E-state index in [4.69, 9.17) is 9.47 Å². The molecule has 4 heteroatoms. The molecule has 1 aromatic rings. The molecule has 0 aromatic heterocycles. The molecule has 2 rings (SSSR count). The number of carbonyl (C=O) groups excluding carboxylic acids is 2. The normalized spacial score (nSPS) is 20.6. The van der Waals surface area contributed by atoms with E-state index in [-0.39, 0.29) is 11.8 Å². The van der Waals surface area contributed by atoms with Gasteiger partial charge in [0.25, 0.3) is 0 Å². The van der Waals surface area contributed by atoms with Gasteiger partial charge in [-0.05, 0) is 18.2 Å². The maximum atomic E-state index is 12.2. The summed E-state index contributed by atoms with van der Waals surface area (Å²) in [7, 11) is 1.57. The molecule has 1 aliphatic carbocycles. The van der Waals surface area contributed by atoms with E-state index in [1.165, 1.54) is 6.92 Å². The van der Waals surface area contributed by atoms with Gasteiger partial charge in [0.15, 0.2) is 5.78 Å². The van der Waals surface area contributed by atoms with Gasteiger partial charge in [0.05, 0.1) is 7.11 Å². The fraction of sp³-hybridized carbons (Fsp3) is 0.467. The van der Waals surface area contributed by atoms with Gasteiger partial charge in [-0.2, -0.15) is 0 Å². The quantitative estimate of drug-likeness (QED) is 0.769. The van der Waals surface area contributed by atoms with Gasteiger partial charge in [-0.1, -0.05) is 13.8 Å². The van der Waals surface area contributed by atoms with Crippen LogP contribution in [0.5, 0.6) is 5.75 Å². The van der Waals surface area contributed by atoms with E-state index in [0.29, 0.717) is 17.7 Å². The Kier molecular flexibility index (Phi) is 3.35. The minimum Gasteiger partial charge on any atom is -0.497 e. The van der Waals surface area contributed by atoms with Crippen LogP contribution in [0, 0.1) is 5.41 Å². The number of hydrogen-bond donors (Lipinski definition) is 0. The number of fused-ring (bicyclic) bond motifs is 1. The minimum atomic E-state index is -0.423. The molecule has 1 aliphatic rings. The molecule has 0 amide bonds. The van der Waals surface area contributed by atoms with Crippen molar-refractivity contribution in [2.45, 2.75) is 33.3 Å². The second-order valence-electron chi connectivity index (χ2n) is 5.53. The zero-order valence-corrected chi connectivity index (χ0v) is 11.6. The predicted molar refractivity (Wildman–Crippen MR) is 70.2 cm³/mol. The standard InChI is InChI=1S/C15H18O4/c1-9(16)19-14-12-7-10(18-4)5-6-11(12)13(17)8-15(14,2)3/h5-7,14H,8H2,1-4H3. The lowest BCUT2D eigenvalue weighted by Crippen LogP contribution is -2.34. The fourth-order valence-corrected chi connectivity index (χ4v) is 2.55. The summed E-state index contributed by atoms with van der Waals surface area (Å²) in [6.45, 7) is 5.24. The monoisotopic (exact) mass is 262 g/mol. The highest BCUT2D eigenvalue weighted by Crippen LogP contribution is 2.46. The number of carbonyl (C=O) groups is 2. The first kappa shape index (κ1) is 13.6. The van der Waals surface area contributed by atoms with Crippen LogP contribution >= 0.6 is 0 Å². The molecule has 19 heavy (non-hydrogen) atoms. The van der Waals surface area contributed by atoms with Crippen LogP contribution in [0.4, 0.5) is 0 Å². The number of rotatable bonds is 2. The van der Waals surface area contributed by atoms with E-state index in [2.05, 4.69) is 0 Å². The highest BCUT2D eigenvalue weighted by molar-refractivity contribution is 5.99. The maximum absolute atomic E-state index is 12.2. The lowest BCUT2D eigenvalue weighted by Gasteiger charge is -2.38. The second-order valence-corrected chi connectivity index (χ2v) is 5.53. The van der Waals surface area contributed by atoms with Gasteiger partial charge in [-0.15, -0.1) is 0 Å². The molecule has 0 N–H and O–H groups in total. The first-order chi connectivity index (χ1) is 8.85. The van der Waals surface area contributed by atoms with Gasteiger partial charge in [-0.3, -0.25) is 9.59 Å². The third-order valence-corrected chi connectivity index (χ3v) is 3.45. The summed E-state index contributed by atoms with van der Waals surface area (Å²) in [6.07, 6.45) is -0.0580. The summed E-state index contributed by atoms with van der Waals surface area (Å²) >= 11 is 0. The fourth-order valence-electron chi connectivity index (χ4n) is 2.55. The largest absolute Gasteiger partial charge is 0.497 e. The first-order valence-corrected chi connectivity index (χ1v) is 6.23. The SMILES string of the molecule is COc1ccc2c(c1)C(OC(C)=O)C(C)(C)CC2=O. The lowest BCUT2D eigenvalue weighted by atomic mass is 9.71. The summed E-state index contributed by atoms with van der Waals surface area (Å²) in [4.78, 5) is 23.5. The summed E-state index contributed by atoms with van der Waals surface area (Å²) in [5, 5.41) is 0. The molecule has 4 nitrogen and oxygen atoms in total. The average molecular weight is 262 g/mol. The first-order valence-electron chi connectivity index (χ1n) is 6.23. The van der Waals surface area contributed by atoms with Crippen LogP contribution in [0.3, 0.4) is 0 Å². The van der Waals surface area contributed by atoms with Crippen LogP contribution < -0.4 is 4.74 Å². The van der Waals surface area contributed by atoms with Crippen molar-refractivity contribution in [3.05, 3.63) is 29.3 Å². The Hall–Kier alpha value is -1.84. The molecule has 0 saturated heterocycles. The van der Waals surface area contributed by atoms with Crippen LogP contribution in [0.15, 0.2) is 18.2 Å². The Morgan fingerprint density at radius 2 is 2.05 bits per heavy atom. The molecule has 1 unspecified atom stereocenters. The third-order valence-electron chi connectivity index (χ3n) is 3.45.